The number of benzene rings is 1. The van der Waals surface area contributed by atoms with Crippen LogP contribution in [0.15, 0.2) is 39.6 Å². The van der Waals surface area contributed by atoms with Gasteiger partial charge in [0.05, 0.1) is 25.7 Å². The van der Waals surface area contributed by atoms with Crippen molar-refractivity contribution in [2.24, 2.45) is 0 Å². The number of unbranched alkanes of at least 4 members (excludes halogenated alkanes) is 7. The summed E-state index contributed by atoms with van der Waals surface area (Å²) < 4.78 is 22.8. The molecule has 0 aliphatic rings. The number of hydrogen-bond acceptors (Lipinski definition) is 5. The molecule has 2 rings (SSSR count). The van der Waals surface area contributed by atoms with E-state index in [1.54, 1.807) is 13.2 Å². The average molecular weight is 431 g/mol. The Morgan fingerprint density at radius 2 is 1.58 bits per heavy atom. The van der Waals surface area contributed by atoms with Gasteiger partial charge in [0.2, 0.25) is 5.75 Å². The molecular formula is C26H38O5. The molecule has 0 saturated heterocycles. The van der Waals surface area contributed by atoms with Gasteiger partial charge in [-0.25, -0.2) is 4.79 Å². The van der Waals surface area contributed by atoms with Gasteiger partial charge in [0.15, 0.2) is 17.1 Å². The molecule has 0 N–H and O–H groups in total. The van der Waals surface area contributed by atoms with Crippen LogP contribution in [0.4, 0.5) is 0 Å². The normalized spacial score (nSPS) is 11.3. The molecule has 0 amide bonds. The van der Waals surface area contributed by atoms with E-state index in [9.17, 15) is 4.79 Å². The number of methoxy groups -OCH3 is 1. The lowest BCUT2D eigenvalue weighted by Gasteiger charge is -2.14. The molecule has 0 radical (unpaired) electrons. The van der Waals surface area contributed by atoms with E-state index >= 15 is 0 Å². The summed E-state index contributed by atoms with van der Waals surface area (Å²) >= 11 is 0. The fourth-order valence-electron chi connectivity index (χ4n) is 3.51. The highest BCUT2D eigenvalue weighted by Crippen LogP contribution is 2.37. The van der Waals surface area contributed by atoms with E-state index in [4.69, 9.17) is 18.6 Å². The van der Waals surface area contributed by atoms with E-state index < -0.39 is 5.63 Å². The van der Waals surface area contributed by atoms with Gasteiger partial charge in [0.1, 0.15) is 0 Å². The Kier molecular flexibility index (Phi) is 11.7. The third-order valence-corrected chi connectivity index (χ3v) is 5.21. The maximum Gasteiger partial charge on any atom is 0.383 e. The average Bonchev–Trinajstić information content (AvgIpc) is 2.78. The van der Waals surface area contributed by atoms with Crippen LogP contribution in [0.25, 0.3) is 11.0 Å². The van der Waals surface area contributed by atoms with Crippen LogP contribution >= 0.6 is 0 Å². The fraction of sp³-hybridized carbons (Fsp3) is 0.577. The first-order valence-corrected chi connectivity index (χ1v) is 11.8. The molecule has 172 valence electrons. The predicted molar refractivity (Wildman–Crippen MR) is 127 cm³/mol. The van der Waals surface area contributed by atoms with E-state index in [2.05, 4.69) is 26.0 Å². The molecule has 0 unspecified atom stereocenters. The summed E-state index contributed by atoms with van der Waals surface area (Å²) in [6.45, 7) is 5.26. The number of rotatable bonds is 16. The molecule has 31 heavy (non-hydrogen) atoms. The molecule has 0 aliphatic heterocycles. The second kappa shape index (κ2) is 14.6. The van der Waals surface area contributed by atoms with Crippen molar-refractivity contribution in [3.8, 4) is 17.2 Å². The topological polar surface area (TPSA) is 57.9 Å². The van der Waals surface area contributed by atoms with Gasteiger partial charge in [-0.15, -0.1) is 0 Å². The molecule has 0 saturated carbocycles. The Bertz CT molecular complexity index is 853. The molecule has 5 nitrogen and oxygen atoms in total. The van der Waals surface area contributed by atoms with Gasteiger partial charge in [-0.1, -0.05) is 77.0 Å². The minimum atomic E-state index is -0.532. The standard InChI is InChI=1S/C26H38O5/c1-4-6-8-10-11-12-13-15-20-30-25-24(29-19-14-9-7-5-2)21-17-16-18-22(28-3)23(21)31-26(25)27/h7,9,16-18H,4-6,8,10-15,19-20H2,1-3H3/b9-7+. The van der Waals surface area contributed by atoms with Crippen LogP contribution in [-0.4, -0.2) is 20.3 Å². The molecule has 1 aromatic carbocycles. The molecule has 0 fully saturated rings. The zero-order valence-corrected chi connectivity index (χ0v) is 19.4. The summed E-state index contributed by atoms with van der Waals surface area (Å²) in [7, 11) is 1.55. The molecule has 5 heteroatoms. The van der Waals surface area contributed by atoms with E-state index in [0.717, 1.165) is 25.7 Å². The number of ether oxygens (including phenoxy) is 3. The Hall–Kier alpha value is -2.43. The van der Waals surface area contributed by atoms with Crippen molar-refractivity contribution < 1.29 is 18.6 Å². The van der Waals surface area contributed by atoms with Crippen molar-refractivity contribution in [2.45, 2.75) is 78.1 Å². The van der Waals surface area contributed by atoms with Crippen LogP contribution in [0, 0.1) is 0 Å². The minimum absolute atomic E-state index is 0.156. The van der Waals surface area contributed by atoms with Gasteiger partial charge in [-0.3, -0.25) is 0 Å². The van der Waals surface area contributed by atoms with Gasteiger partial charge in [-0.05, 0) is 31.4 Å². The van der Waals surface area contributed by atoms with E-state index in [-0.39, 0.29) is 5.75 Å². The monoisotopic (exact) mass is 430 g/mol. The Balaban J connectivity index is 2.05. The van der Waals surface area contributed by atoms with Crippen LogP contribution in [-0.2, 0) is 0 Å². The highest BCUT2D eigenvalue weighted by Gasteiger charge is 2.20. The predicted octanol–water partition coefficient (Wildman–Crippen LogP) is 7.06. The first-order valence-electron chi connectivity index (χ1n) is 11.8. The van der Waals surface area contributed by atoms with Gasteiger partial charge in [-0.2, -0.15) is 0 Å². The Morgan fingerprint density at radius 3 is 2.29 bits per heavy atom. The molecule has 0 spiro atoms. The second-order valence-electron chi connectivity index (χ2n) is 7.72. The van der Waals surface area contributed by atoms with Crippen LogP contribution in [0.5, 0.6) is 17.2 Å². The SMILES string of the molecule is CC/C=C/CCOc1c(OCCCCCCCCCC)c(=O)oc2c(OC)cccc12. The van der Waals surface area contributed by atoms with Gasteiger partial charge < -0.3 is 18.6 Å². The first-order chi connectivity index (χ1) is 15.2. The summed E-state index contributed by atoms with van der Waals surface area (Å²) in [5, 5.41) is 0.685. The minimum Gasteiger partial charge on any atom is -0.493 e. The van der Waals surface area contributed by atoms with Crippen molar-refractivity contribution in [2.75, 3.05) is 20.3 Å². The quantitative estimate of drug-likeness (QED) is 0.162. The van der Waals surface area contributed by atoms with Crippen molar-refractivity contribution in [1.82, 2.24) is 0 Å². The molecule has 0 atom stereocenters. The van der Waals surface area contributed by atoms with Crippen LogP contribution < -0.4 is 19.8 Å². The number of hydrogen-bond donors (Lipinski definition) is 0. The number of fused-ring (bicyclic) bond motifs is 1. The Labute approximate surface area is 186 Å². The van der Waals surface area contributed by atoms with E-state index in [0.29, 0.717) is 35.7 Å². The summed E-state index contributed by atoms with van der Waals surface area (Å²) in [5.41, 5.74) is -0.149. The van der Waals surface area contributed by atoms with Crippen molar-refractivity contribution in [1.29, 1.82) is 0 Å². The van der Waals surface area contributed by atoms with Crippen LogP contribution in [0.1, 0.15) is 78.1 Å². The van der Waals surface area contributed by atoms with Crippen LogP contribution in [0.2, 0.25) is 0 Å². The lowest BCUT2D eigenvalue weighted by Crippen LogP contribution is -2.12. The summed E-state index contributed by atoms with van der Waals surface area (Å²) in [4.78, 5) is 12.7. The molecule has 1 aromatic heterocycles. The largest absolute Gasteiger partial charge is 0.493 e. The maximum absolute atomic E-state index is 12.7. The zero-order valence-electron chi connectivity index (χ0n) is 19.4. The van der Waals surface area contributed by atoms with Gasteiger partial charge in [0, 0.05) is 0 Å². The second-order valence-corrected chi connectivity index (χ2v) is 7.72. The van der Waals surface area contributed by atoms with E-state index in [1.807, 2.05) is 12.1 Å². The zero-order chi connectivity index (χ0) is 22.3. The smallest absolute Gasteiger partial charge is 0.383 e. The summed E-state index contributed by atoms with van der Waals surface area (Å²) in [6, 6.07) is 5.48. The Morgan fingerprint density at radius 1 is 0.871 bits per heavy atom. The molecule has 1 heterocycles. The molecular weight excluding hydrogens is 392 g/mol. The van der Waals surface area contributed by atoms with Gasteiger partial charge >= 0.3 is 5.63 Å². The highest BCUT2D eigenvalue weighted by atomic mass is 16.5. The molecule has 2 aromatic rings. The number of allylic oxidation sites excluding steroid dienone is 1. The fourth-order valence-corrected chi connectivity index (χ4v) is 3.51. The lowest BCUT2D eigenvalue weighted by atomic mass is 10.1. The van der Waals surface area contributed by atoms with Crippen LogP contribution in [0.3, 0.4) is 0 Å². The molecule has 0 aliphatic carbocycles. The van der Waals surface area contributed by atoms with Crippen molar-refractivity contribution in [3.05, 3.63) is 40.8 Å². The summed E-state index contributed by atoms with van der Waals surface area (Å²) in [5.74, 6) is 1.10. The van der Waals surface area contributed by atoms with Crippen molar-refractivity contribution in [3.63, 3.8) is 0 Å². The molecule has 0 bridgehead atoms. The third-order valence-electron chi connectivity index (χ3n) is 5.21. The lowest BCUT2D eigenvalue weighted by molar-refractivity contribution is 0.255. The third kappa shape index (κ3) is 7.97. The van der Waals surface area contributed by atoms with E-state index in [1.165, 1.54) is 38.5 Å². The first kappa shape index (κ1) is 24.8. The summed E-state index contributed by atoms with van der Waals surface area (Å²) in [6.07, 6.45) is 15.6. The highest BCUT2D eigenvalue weighted by molar-refractivity contribution is 5.89. The number of para-hydroxylation sites is 1. The van der Waals surface area contributed by atoms with Gasteiger partial charge in [0.25, 0.3) is 0 Å². The van der Waals surface area contributed by atoms with Crippen molar-refractivity contribution >= 4 is 11.0 Å². The maximum atomic E-state index is 12.7.